The summed E-state index contributed by atoms with van der Waals surface area (Å²) < 4.78 is 7.26. The largest absolute Gasteiger partial charge is 0.373 e. The van der Waals surface area contributed by atoms with Crippen LogP contribution in [-0.4, -0.2) is 59.0 Å². The van der Waals surface area contributed by atoms with E-state index in [0.717, 1.165) is 19.6 Å². The molecule has 0 aromatic carbocycles. The molecule has 6 heteroatoms. The molecule has 1 N–H and O–H groups in total. The summed E-state index contributed by atoms with van der Waals surface area (Å²) >= 11 is 0. The van der Waals surface area contributed by atoms with Gasteiger partial charge in [-0.05, 0) is 19.9 Å². The van der Waals surface area contributed by atoms with Crippen LogP contribution < -0.4 is 5.32 Å². The molecule has 0 aliphatic carbocycles. The van der Waals surface area contributed by atoms with Gasteiger partial charge in [0.05, 0.1) is 12.2 Å². The van der Waals surface area contributed by atoms with Gasteiger partial charge in [0.25, 0.3) is 5.91 Å². The van der Waals surface area contributed by atoms with Gasteiger partial charge in [0, 0.05) is 39.4 Å². The highest BCUT2D eigenvalue weighted by atomic mass is 16.5. The normalized spacial score (nSPS) is 24.4. The summed E-state index contributed by atoms with van der Waals surface area (Å²) in [4.78, 5) is 14.2. The van der Waals surface area contributed by atoms with Gasteiger partial charge in [0.15, 0.2) is 0 Å². The van der Waals surface area contributed by atoms with Crippen LogP contribution in [0.25, 0.3) is 0 Å². The van der Waals surface area contributed by atoms with Crippen LogP contribution in [0.3, 0.4) is 0 Å². The second kappa shape index (κ2) is 6.16. The quantitative estimate of drug-likeness (QED) is 0.849. The van der Waals surface area contributed by atoms with Crippen molar-refractivity contribution in [2.45, 2.75) is 26.1 Å². The first-order valence-electron chi connectivity index (χ1n) is 6.70. The van der Waals surface area contributed by atoms with E-state index in [1.165, 1.54) is 0 Å². The van der Waals surface area contributed by atoms with Crippen LogP contribution in [0, 0.1) is 0 Å². The number of nitrogens with zero attached hydrogens (tertiary/aromatic N) is 3. The smallest absolute Gasteiger partial charge is 0.269 e. The molecule has 1 aliphatic heterocycles. The minimum atomic E-state index is -0.0747. The molecule has 0 unspecified atom stereocenters. The van der Waals surface area contributed by atoms with Gasteiger partial charge in [0.2, 0.25) is 0 Å². The standard InChI is InChI=1S/C13H22N4O2/c1-10-8-17(9-11(2)19-10)7-6-14-13(18)12-4-5-15-16(12)3/h4-5,10-11H,6-9H2,1-3H3,(H,14,18)/t10-,11-/m0/s1. The summed E-state index contributed by atoms with van der Waals surface area (Å²) in [6.07, 6.45) is 2.15. The Morgan fingerprint density at radius 3 is 2.74 bits per heavy atom. The number of carbonyl (C=O) groups excluding carboxylic acids is 1. The highest BCUT2D eigenvalue weighted by Gasteiger charge is 2.21. The number of morpholine rings is 1. The van der Waals surface area contributed by atoms with Crippen molar-refractivity contribution < 1.29 is 9.53 Å². The average molecular weight is 266 g/mol. The maximum absolute atomic E-state index is 11.9. The summed E-state index contributed by atoms with van der Waals surface area (Å²) in [5.41, 5.74) is 0.587. The molecule has 1 amide bonds. The lowest BCUT2D eigenvalue weighted by molar-refractivity contribution is -0.0672. The molecule has 1 aromatic heterocycles. The summed E-state index contributed by atoms with van der Waals surface area (Å²) in [6.45, 7) is 7.50. The van der Waals surface area contributed by atoms with Gasteiger partial charge in [-0.3, -0.25) is 14.4 Å². The second-order valence-corrected chi connectivity index (χ2v) is 5.11. The first kappa shape index (κ1) is 14.0. The van der Waals surface area contributed by atoms with Crippen molar-refractivity contribution in [1.82, 2.24) is 20.0 Å². The molecule has 1 fully saturated rings. The zero-order chi connectivity index (χ0) is 13.8. The molecular weight excluding hydrogens is 244 g/mol. The van der Waals surface area contributed by atoms with Gasteiger partial charge in [-0.15, -0.1) is 0 Å². The van der Waals surface area contributed by atoms with Crippen molar-refractivity contribution in [3.63, 3.8) is 0 Å². The number of aromatic nitrogens is 2. The lowest BCUT2D eigenvalue weighted by Gasteiger charge is -2.35. The van der Waals surface area contributed by atoms with Crippen molar-refractivity contribution in [1.29, 1.82) is 0 Å². The third-order valence-electron chi connectivity index (χ3n) is 3.26. The van der Waals surface area contributed by atoms with E-state index in [1.54, 1.807) is 24.0 Å². The minimum absolute atomic E-state index is 0.0747. The number of hydrogen-bond donors (Lipinski definition) is 1. The van der Waals surface area contributed by atoms with E-state index in [0.29, 0.717) is 12.2 Å². The third kappa shape index (κ3) is 3.78. The maximum Gasteiger partial charge on any atom is 0.269 e. The predicted octanol–water partition coefficient (Wildman–Crippen LogP) is 0.259. The molecule has 2 rings (SSSR count). The zero-order valence-corrected chi connectivity index (χ0v) is 11.8. The Hall–Kier alpha value is -1.40. The molecule has 1 aliphatic rings. The summed E-state index contributed by atoms with van der Waals surface area (Å²) in [7, 11) is 1.76. The maximum atomic E-state index is 11.9. The van der Waals surface area contributed by atoms with Crippen molar-refractivity contribution in [3.05, 3.63) is 18.0 Å². The van der Waals surface area contributed by atoms with E-state index in [2.05, 4.69) is 29.2 Å². The molecule has 2 heterocycles. The fraction of sp³-hybridized carbons (Fsp3) is 0.692. The van der Waals surface area contributed by atoms with E-state index in [9.17, 15) is 4.79 Å². The van der Waals surface area contributed by atoms with Gasteiger partial charge in [-0.25, -0.2) is 0 Å². The van der Waals surface area contributed by atoms with Gasteiger partial charge >= 0.3 is 0 Å². The number of nitrogens with one attached hydrogen (secondary N) is 1. The summed E-state index contributed by atoms with van der Waals surface area (Å²) in [5.74, 6) is -0.0747. The van der Waals surface area contributed by atoms with Gasteiger partial charge in [-0.1, -0.05) is 0 Å². The van der Waals surface area contributed by atoms with Crippen LogP contribution in [-0.2, 0) is 11.8 Å². The molecule has 6 nitrogen and oxygen atoms in total. The van der Waals surface area contributed by atoms with Crippen LogP contribution in [0.1, 0.15) is 24.3 Å². The summed E-state index contributed by atoms with van der Waals surface area (Å²) in [5, 5.41) is 6.90. The van der Waals surface area contributed by atoms with Crippen LogP contribution in [0.2, 0.25) is 0 Å². The van der Waals surface area contributed by atoms with Gasteiger partial charge in [0.1, 0.15) is 5.69 Å². The minimum Gasteiger partial charge on any atom is -0.373 e. The molecule has 0 radical (unpaired) electrons. The number of amides is 1. The number of ether oxygens (including phenoxy) is 1. The molecule has 0 bridgehead atoms. The first-order valence-corrected chi connectivity index (χ1v) is 6.70. The Labute approximate surface area is 113 Å². The van der Waals surface area contributed by atoms with E-state index < -0.39 is 0 Å². The van der Waals surface area contributed by atoms with Crippen LogP contribution in [0.15, 0.2) is 12.3 Å². The topological polar surface area (TPSA) is 59.4 Å². The van der Waals surface area contributed by atoms with Crippen molar-refractivity contribution >= 4 is 5.91 Å². The Bertz CT molecular complexity index is 422. The molecule has 0 spiro atoms. The Morgan fingerprint density at radius 2 is 2.16 bits per heavy atom. The second-order valence-electron chi connectivity index (χ2n) is 5.11. The van der Waals surface area contributed by atoms with Crippen molar-refractivity contribution in [3.8, 4) is 0 Å². The Kier molecular flexibility index (Phi) is 4.55. The Morgan fingerprint density at radius 1 is 1.47 bits per heavy atom. The zero-order valence-electron chi connectivity index (χ0n) is 11.8. The van der Waals surface area contributed by atoms with Crippen molar-refractivity contribution in [2.24, 2.45) is 7.05 Å². The number of carbonyl (C=O) groups is 1. The predicted molar refractivity (Wildman–Crippen MR) is 72.0 cm³/mol. The van der Waals surface area contributed by atoms with Gasteiger partial charge < -0.3 is 10.1 Å². The number of rotatable bonds is 4. The molecule has 1 saturated heterocycles. The average Bonchev–Trinajstić information content (AvgIpc) is 2.74. The lowest BCUT2D eigenvalue weighted by atomic mass is 10.2. The van der Waals surface area contributed by atoms with E-state index in [1.807, 2.05) is 0 Å². The van der Waals surface area contributed by atoms with E-state index in [4.69, 9.17) is 4.74 Å². The number of aryl methyl sites for hydroxylation is 1. The van der Waals surface area contributed by atoms with Crippen LogP contribution in [0.4, 0.5) is 0 Å². The molecular formula is C13H22N4O2. The number of hydrogen-bond acceptors (Lipinski definition) is 4. The first-order chi connectivity index (χ1) is 9.06. The van der Waals surface area contributed by atoms with Crippen LogP contribution in [0.5, 0.6) is 0 Å². The molecule has 106 valence electrons. The molecule has 1 aromatic rings. The molecule has 2 atom stereocenters. The molecule has 0 saturated carbocycles. The van der Waals surface area contributed by atoms with E-state index in [-0.39, 0.29) is 18.1 Å². The van der Waals surface area contributed by atoms with Crippen molar-refractivity contribution in [2.75, 3.05) is 26.2 Å². The highest BCUT2D eigenvalue weighted by molar-refractivity contribution is 5.92. The monoisotopic (exact) mass is 266 g/mol. The lowest BCUT2D eigenvalue weighted by Crippen LogP contribution is -2.47. The third-order valence-corrected chi connectivity index (χ3v) is 3.26. The molecule has 19 heavy (non-hydrogen) atoms. The van der Waals surface area contributed by atoms with Crippen LogP contribution >= 0.6 is 0 Å². The summed E-state index contributed by atoms with van der Waals surface area (Å²) in [6, 6.07) is 1.72. The highest BCUT2D eigenvalue weighted by Crippen LogP contribution is 2.09. The van der Waals surface area contributed by atoms with Gasteiger partial charge in [-0.2, -0.15) is 5.10 Å². The SMILES string of the molecule is C[C@H]1CN(CCNC(=O)c2ccnn2C)C[C@H](C)O1. The fourth-order valence-electron chi connectivity index (χ4n) is 2.48. The van der Waals surface area contributed by atoms with E-state index >= 15 is 0 Å². The fourth-order valence-corrected chi connectivity index (χ4v) is 2.48. The Balaban J connectivity index is 1.75.